The molecule has 0 bridgehead atoms. The Balaban J connectivity index is 1.90. The number of likely N-dealkylation sites (tertiary alicyclic amines) is 1. The average molecular weight is 245 g/mol. The number of anilines is 1. The number of hydrogen-bond donors (Lipinski definition) is 1. The second-order valence-corrected chi connectivity index (χ2v) is 4.96. The molecule has 0 radical (unpaired) electrons. The van der Waals surface area contributed by atoms with Gasteiger partial charge in [-0.3, -0.25) is 0 Å². The number of aromatic nitrogens is 2. The first-order chi connectivity index (χ1) is 8.67. The van der Waals surface area contributed by atoms with Crippen LogP contribution in [0.1, 0.15) is 24.2 Å². The molecule has 96 valence electrons. The molecule has 1 fully saturated rings. The molecule has 0 unspecified atom stereocenters. The minimum Gasteiger partial charge on any atom is -0.354 e. The zero-order valence-corrected chi connectivity index (χ0v) is 11.0. The predicted octanol–water partition coefficient (Wildman–Crippen LogP) is 1.41. The topological polar surface area (TPSA) is 64.8 Å². The summed E-state index contributed by atoms with van der Waals surface area (Å²) in [5.41, 5.74) is 1.25. The highest BCUT2D eigenvalue weighted by molar-refractivity contribution is 5.32. The number of hydrogen-bond acceptors (Lipinski definition) is 5. The van der Waals surface area contributed by atoms with Crippen molar-refractivity contribution in [2.45, 2.75) is 19.8 Å². The summed E-state index contributed by atoms with van der Waals surface area (Å²) in [6.07, 6.45) is 2.42. The van der Waals surface area contributed by atoms with E-state index in [1.165, 1.54) is 12.8 Å². The highest BCUT2D eigenvalue weighted by Crippen LogP contribution is 2.16. The number of rotatable bonds is 3. The van der Waals surface area contributed by atoms with Gasteiger partial charge in [0.15, 0.2) is 0 Å². The standard InChI is InChI=1S/C13H19N5/c1-10-7-12(8-14)17-13(16-10)15-9-11-3-5-18(2)6-4-11/h7,11H,3-6,9H2,1-2H3,(H,15,16,17). The molecule has 0 aliphatic carbocycles. The molecule has 5 heteroatoms. The second-order valence-electron chi connectivity index (χ2n) is 4.96. The van der Waals surface area contributed by atoms with E-state index >= 15 is 0 Å². The van der Waals surface area contributed by atoms with E-state index < -0.39 is 0 Å². The van der Waals surface area contributed by atoms with Crippen LogP contribution in [0.4, 0.5) is 5.95 Å². The minimum absolute atomic E-state index is 0.424. The molecule has 18 heavy (non-hydrogen) atoms. The van der Waals surface area contributed by atoms with Gasteiger partial charge in [-0.05, 0) is 51.9 Å². The van der Waals surface area contributed by atoms with Crippen LogP contribution < -0.4 is 5.32 Å². The van der Waals surface area contributed by atoms with Crippen molar-refractivity contribution in [3.63, 3.8) is 0 Å². The van der Waals surface area contributed by atoms with Crippen LogP contribution in [0.15, 0.2) is 6.07 Å². The maximum atomic E-state index is 8.86. The van der Waals surface area contributed by atoms with Crippen LogP contribution >= 0.6 is 0 Å². The summed E-state index contributed by atoms with van der Waals surface area (Å²) in [5.74, 6) is 1.25. The van der Waals surface area contributed by atoms with Crippen LogP contribution in [-0.4, -0.2) is 41.5 Å². The zero-order chi connectivity index (χ0) is 13.0. The van der Waals surface area contributed by atoms with Crippen molar-refractivity contribution in [3.05, 3.63) is 17.5 Å². The van der Waals surface area contributed by atoms with E-state index in [9.17, 15) is 0 Å². The number of piperidine rings is 1. The molecule has 0 saturated carbocycles. The molecule has 1 aliphatic rings. The lowest BCUT2D eigenvalue weighted by molar-refractivity contribution is 0.226. The van der Waals surface area contributed by atoms with E-state index in [4.69, 9.17) is 5.26 Å². The Labute approximate surface area is 108 Å². The van der Waals surface area contributed by atoms with Gasteiger partial charge in [0.1, 0.15) is 11.8 Å². The van der Waals surface area contributed by atoms with Gasteiger partial charge in [-0.15, -0.1) is 0 Å². The largest absolute Gasteiger partial charge is 0.354 e. The quantitative estimate of drug-likeness (QED) is 0.872. The summed E-state index contributed by atoms with van der Waals surface area (Å²) in [4.78, 5) is 10.8. The van der Waals surface area contributed by atoms with Crippen LogP contribution in [0.2, 0.25) is 0 Å². The highest BCUT2D eigenvalue weighted by Gasteiger charge is 2.16. The number of nitriles is 1. The van der Waals surface area contributed by atoms with Gasteiger partial charge in [-0.2, -0.15) is 5.26 Å². The molecule has 2 heterocycles. The molecule has 0 spiro atoms. The third-order valence-electron chi connectivity index (χ3n) is 3.36. The van der Waals surface area contributed by atoms with E-state index in [1.54, 1.807) is 6.07 Å². The maximum absolute atomic E-state index is 8.86. The van der Waals surface area contributed by atoms with Crippen molar-refractivity contribution >= 4 is 5.95 Å². The monoisotopic (exact) mass is 245 g/mol. The molecule has 5 nitrogen and oxygen atoms in total. The highest BCUT2D eigenvalue weighted by atomic mass is 15.1. The van der Waals surface area contributed by atoms with Gasteiger partial charge >= 0.3 is 0 Å². The third-order valence-corrected chi connectivity index (χ3v) is 3.36. The Morgan fingerprint density at radius 1 is 1.44 bits per heavy atom. The van der Waals surface area contributed by atoms with Gasteiger partial charge < -0.3 is 10.2 Å². The molecular formula is C13H19N5. The van der Waals surface area contributed by atoms with Crippen LogP contribution in [0.3, 0.4) is 0 Å². The molecule has 1 aromatic rings. The van der Waals surface area contributed by atoms with Gasteiger partial charge in [-0.1, -0.05) is 0 Å². The van der Waals surface area contributed by atoms with Crippen molar-refractivity contribution in [1.82, 2.24) is 14.9 Å². The maximum Gasteiger partial charge on any atom is 0.224 e. The normalized spacial score (nSPS) is 17.4. The Bertz CT molecular complexity index is 443. The molecule has 0 aromatic carbocycles. The van der Waals surface area contributed by atoms with Gasteiger partial charge in [-0.25, -0.2) is 9.97 Å². The fourth-order valence-electron chi connectivity index (χ4n) is 2.21. The van der Waals surface area contributed by atoms with Crippen molar-refractivity contribution in [1.29, 1.82) is 5.26 Å². The predicted molar refractivity (Wildman–Crippen MR) is 70.2 cm³/mol. The molecule has 1 aromatic heterocycles. The van der Waals surface area contributed by atoms with Gasteiger partial charge in [0.2, 0.25) is 5.95 Å². The lowest BCUT2D eigenvalue weighted by Gasteiger charge is -2.28. The Hall–Kier alpha value is -1.67. The number of nitrogens with one attached hydrogen (secondary N) is 1. The van der Waals surface area contributed by atoms with Crippen molar-refractivity contribution in [2.75, 3.05) is 32.0 Å². The van der Waals surface area contributed by atoms with Crippen molar-refractivity contribution in [2.24, 2.45) is 5.92 Å². The first-order valence-corrected chi connectivity index (χ1v) is 6.35. The molecular weight excluding hydrogens is 226 g/mol. The minimum atomic E-state index is 0.424. The first kappa shape index (κ1) is 12.8. The van der Waals surface area contributed by atoms with Gasteiger partial charge in [0, 0.05) is 12.2 Å². The zero-order valence-electron chi connectivity index (χ0n) is 11.0. The van der Waals surface area contributed by atoms with Crippen molar-refractivity contribution in [3.8, 4) is 6.07 Å². The molecule has 0 amide bonds. The average Bonchev–Trinajstić information content (AvgIpc) is 2.37. The third kappa shape index (κ3) is 3.41. The summed E-state index contributed by atoms with van der Waals surface area (Å²) in [5, 5.41) is 12.1. The Kier molecular flexibility index (Phi) is 4.11. The summed E-state index contributed by atoms with van der Waals surface area (Å²) in [6, 6.07) is 3.75. The smallest absolute Gasteiger partial charge is 0.224 e. The van der Waals surface area contributed by atoms with Gasteiger partial charge in [0.25, 0.3) is 0 Å². The van der Waals surface area contributed by atoms with Gasteiger partial charge in [0.05, 0.1) is 0 Å². The van der Waals surface area contributed by atoms with E-state index in [1.807, 2.05) is 6.92 Å². The van der Waals surface area contributed by atoms with Crippen LogP contribution in [-0.2, 0) is 0 Å². The van der Waals surface area contributed by atoms with Crippen LogP contribution in [0.5, 0.6) is 0 Å². The van der Waals surface area contributed by atoms with Crippen LogP contribution in [0.25, 0.3) is 0 Å². The molecule has 1 saturated heterocycles. The summed E-state index contributed by atoms with van der Waals surface area (Å²) < 4.78 is 0. The summed E-state index contributed by atoms with van der Waals surface area (Å²) >= 11 is 0. The van der Waals surface area contributed by atoms with Crippen LogP contribution in [0, 0.1) is 24.2 Å². The van der Waals surface area contributed by atoms with E-state index in [0.717, 1.165) is 25.3 Å². The molecule has 1 aliphatic heterocycles. The fourth-order valence-corrected chi connectivity index (χ4v) is 2.21. The summed E-state index contributed by atoms with van der Waals surface area (Å²) in [6.45, 7) is 5.08. The lowest BCUT2D eigenvalue weighted by atomic mass is 9.97. The second kappa shape index (κ2) is 5.78. The number of aryl methyl sites for hydroxylation is 1. The van der Waals surface area contributed by atoms with E-state index in [-0.39, 0.29) is 0 Å². The SMILES string of the molecule is Cc1cc(C#N)nc(NCC2CCN(C)CC2)n1. The molecule has 0 atom stereocenters. The van der Waals surface area contributed by atoms with E-state index in [0.29, 0.717) is 17.6 Å². The Morgan fingerprint density at radius 2 is 2.17 bits per heavy atom. The Morgan fingerprint density at radius 3 is 2.83 bits per heavy atom. The first-order valence-electron chi connectivity index (χ1n) is 6.35. The lowest BCUT2D eigenvalue weighted by Crippen LogP contribution is -2.33. The fraction of sp³-hybridized carbons (Fsp3) is 0.615. The van der Waals surface area contributed by atoms with Crippen molar-refractivity contribution < 1.29 is 0 Å². The summed E-state index contributed by atoms with van der Waals surface area (Å²) in [7, 11) is 2.16. The molecule has 2 rings (SSSR count). The van der Waals surface area contributed by atoms with E-state index in [2.05, 4.69) is 33.3 Å². The molecule has 1 N–H and O–H groups in total. The number of nitrogens with zero attached hydrogens (tertiary/aromatic N) is 4.